The number of nitrogens with zero attached hydrogens (tertiary/aromatic N) is 2. The maximum absolute atomic E-state index is 12.7. The monoisotopic (exact) mass is 397 g/mol. The number of hydrogen-bond donors (Lipinski definition) is 1. The van der Waals surface area contributed by atoms with Crippen LogP contribution < -0.4 is 5.32 Å². The van der Waals surface area contributed by atoms with Gasteiger partial charge in [-0.3, -0.25) is 14.5 Å². The van der Waals surface area contributed by atoms with E-state index in [0.29, 0.717) is 18.7 Å². The van der Waals surface area contributed by atoms with Crippen molar-refractivity contribution in [2.75, 3.05) is 26.2 Å². The third-order valence-corrected chi connectivity index (χ3v) is 5.73. The van der Waals surface area contributed by atoms with Crippen molar-refractivity contribution in [1.82, 2.24) is 15.1 Å². The lowest BCUT2D eigenvalue weighted by Gasteiger charge is -2.36. The van der Waals surface area contributed by atoms with Crippen LogP contribution in [0.15, 0.2) is 53.4 Å². The molecule has 1 N–H and O–H groups in total. The highest BCUT2D eigenvalue weighted by Gasteiger charge is 2.26. The Hall–Kier alpha value is -2.44. The topological polar surface area (TPSA) is 52.7 Å². The largest absolute Gasteiger partial charge is 0.341 e. The minimum atomic E-state index is -0.528. The van der Waals surface area contributed by atoms with E-state index < -0.39 is 6.04 Å². The predicted molar refractivity (Wildman–Crippen MR) is 114 cm³/mol. The summed E-state index contributed by atoms with van der Waals surface area (Å²) in [6.07, 6.45) is 1.85. The van der Waals surface area contributed by atoms with E-state index in [1.807, 2.05) is 46.7 Å². The molecule has 0 spiro atoms. The number of nitrogens with one attached hydrogen (secondary N) is 1. The average molecular weight is 398 g/mol. The Morgan fingerprint density at radius 3 is 2.46 bits per heavy atom. The van der Waals surface area contributed by atoms with Gasteiger partial charge in [0, 0.05) is 43.2 Å². The van der Waals surface area contributed by atoms with Crippen LogP contribution in [0.3, 0.4) is 0 Å². The number of carbonyl (C=O) groups is 2. The molecule has 2 amide bonds. The minimum Gasteiger partial charge on any atom is -0.341 e. The lowest BCUT2D eigenvalue weighted by Crippen LogP contribution is -2.54. The third kappa shape index (κ3) is 5.53. The quantitative estimate of drug-likeness (QED) is 0.763. The molecule has 0 radical (unpaired) electrons. The summed E-state index contributed by atoms with van der Waals surface area (Å²) in [5, 5.41) is 4.81. The Balaban J connectivity index is 1.47. The van der Waals surface area contributed by atoms with Crippen LogP contribution >= 0.6 is 11.3 Å². The van der Waals surface area contributed by atoms with Gasteiger partial charge in [-0.15, -0.1) is 11.3 Å². The maximum Gasteiger partial charge on any atom is 0.247 e. The number of rotatable bonds is 6. The Kier molecular flexibility index (Phi) is 7.01. The van der Waals surface area contributed by atoms with E-state index in [9.17, 15) is 9.59 Å². The van der Waals surface area contributed by atoms with Crippen molar-refractivity contribution in [2.45, 2.75) is 26.4 Å². The fourth-order valence-corrected chi connectivity index (χ4v) is 3.98. The van der Waals surface area contributed by atoms with E-state index in [1.54, 1.807) is 25.2 Å². The summed E-state index contributed by atoms with van der Waals surface area (Å²) in [6.45, 7) is 7.51. The van der Waals surface area contributed by atoms with Crippen molar-refractivity contribution in [1.29, 1.82) is 0 Å². The second-order valence-electron chi connectivity index (χ2n) is 7.12. The van der Waals surface area contributed by atoms with Gasteiger partial charge in [0.15, 0.2) is 0 Å². The first-order valence-corrected chi connectivity index (χ1v) is 10.5. The number of benzene rings is 1. The molecule has 5 nitrogen and oxygen atoms in total. The van der Waals surface area contributed by atoms with Crippen molar-refractivity contribution < 1.29 is 9.59 Å². The van der Waals surface area contributed by atoms with Crippen molar-refractivity contribution in [2.24, 2.45) is 0 Å². The molecule has 1 atom stereocenters. The number of amides is 2. The number of hydrogen-bond acceptors (Lipinski definition) is 4. The van der Waals surface area contributed by atoms with Crippen LogP contribution in [-0.2, 0) is 16.1 Å². The summed E-state index contributed by atoms with van der Waals surface area (Å²) in [5.74, 6) is -0.214. The molecular weight excluding hydrogens is 370 g/mol. The van der Waals surface area contributed by atoms with Crippen LogP contribution in [0, 0.1) is 0 Å². The van der Waals surface area contributed by atoms with Crippen LogP contribution in [0.5, 0.6) is 0 Å². The molecule has 6 heteroatoms. The summed E-state index contributed by atoms with van der Waals surface area (Å²) >= 11 is 1.58. The van der Waals surface area contributed by atoms with Gasteiger partial charge in [-0.05, 0) is 36.9 Å². The van der Waals surface area contributed by atoms with Crippen molar-refractivity contribution in [3.05, 3.63) is 63.9 Å². The molecule has 1 aliphatic heterocycles. The molecule has 1 aliphatic rings. The molecule has 0 aliphatic carbocycles. The summed E-state index contributed by atoms with van der Waals surface area (Å²) in [4.78, 5) is 30.3. The minimum absolute atomic E-state index is 0.0170. The van der Waals surface area contributed by atoms with Crippen LogP contribution in [0.2, 0.25) is 0 Å². The van der Waals surface area contributed by atoms with Crippen molar-refractivity contribution >= 4 is 29.2 Å². The molecule has 0 unspecified atom stereocenters. The lowest BCUT2D eigenvalue weighted by atomic mass is 10.1. The van der Waals surface area contributed by atoms with Crippen LogP contribution in [0.4, 0.5) is 0 Å². The number of thiophene rings is 1. The van der Waals surface area contributed by atoms with E-state index in [2.05, 4.69) is 22.3 Å². The first-order valence-electron chi connectivity index (χ1n) is 9.60. The zero-order valence-corrected chi connectivity index (χ0v) is 17.2. The zero-order valence-electron chi connectivity index (χ0n) is 16.4. The molecule has 2 heterocycles. The molecule has 2 aromatic rings. The molecule has 1 aromatic heterocycles. The van der Waals surface area contributed by atoms with Gasteiger partial charge in [0.2, 0.25) is 11.8 Å². The maximum atomic E-state index is 12.7. The van der Waals surface area contributed by atoms with Crippen LogP contribution in [0.25, 0.3) is 6.08 Å². The van der Waals surface area contributed by atoms with Crippen molar-refractivity contribution in [3.8, 4) is 0 Å². The summed E-state index contributed by atoms with van der Waals surface area (Å²) in [6, 6.07) is 13.8. The molecular formula is C22H27N3O2S. The molecule has 1 fully saturated rings. The van der Waals surface area contributed by atoms with Gasteiger partial charge in [-0.25, -0.2) is 0 Å². The molecule has 0 saturated carbocycles. The van der Waals surface area contributed by atoms with Gasteiger partial charge >= 0.3 is 0 Å². The van der Waals surface area contributed by atoms with Crippen molar-refractivity contribution in [3.63, 3.8) is 0 Å². The van der Waals surface area contributed by atoms with Gasteiger partial charge in [0.25, 0.3) is 0 Å². The standard InChI is InChI=1S/C22H27N3O2S/c1-17(15-20-9-6-14-28-20)21(26)23-18(2)22(27)25-12-10-24(11-13-25)16-19-7-4-3-5-8-19/h3-9,14-15,18H,10-13,16H2,1-2H3,(H,23,26)/b17-15+/t18-/m0/s1. The Bertz CT molecular complexity index is 810. The number of carbonyl (C=O) groups excluding carboxylic acids is 2. The molecule has 28 heavy (non-hydrogen) atoms. The van der Waals surface area contributed by atoms with E-state index in [1.165, 1.54) is 5.56 Å². The summed E-state index contributed by atoms with van der Waals surface area (Å²) < 4.78 is 0. The van der Waals surface area contributed by atoms with E-state index in [-0.39, 0.29) is 11.8 Å². The van der Waals surface area contributed by atoms with Crippen LogP contribution in [0.1, 0.15) is 24.3 Å². The predicted octanol–water partition coefficient (Wildman–Crippen LogP) is 3.00. The lowest BCUT2D eigenvalue weighted by molar-refractivity contribution is -0.136. The molecule has 148 valence electrons. The normalized spacial score (nSPS) is 16.6. The Labute approximate surface area is 170 Å². The second-order valence-corrected chi connectivity index (χ2v) is 8.10. The van der Waals surface area contributed by atoms with Gasteiger partial charge in [0.05, 0.1) is 0 Å². The van der Waals surface area contributed by atoms with E-state index in [4.69, 9.17) is 0 Å². The van der Waals surface area contributed by atoms with Crippen LogP contribution in [-0.4, -0.2) is 53.8 Å². The second kappa shape index (κ2) is 9.66. The fraction of sp³-hybridized carbons (Fsp3) is 0.364. The van der Waals surface area contributed by atoms with Gasteiger partial charge in [-0.2, -0.15) is 0 Å². The summed E-state index contributed by atoms with van der Waals surface area (Å²) in [5.41, 5.74) is 1.89. The van der Waals surface area contributed by atoms with Gasteiger partial charge in [-0.1, -0.05) is 36.4 Å². The van der Waals surface area contributed by atoms with E-state index >= 15 is 0 Å². The fourth-order valence-electron chi connectivity index (χ4n) is 3.27. The third-order valence-electron chi connectivity index (χ3n) is 4.91. The Morgan fingerprint density at radius 1 is 1.11 bits per heavy atom. The average Bonchev–Trinajstić information content (AvgIpc) is 3.21. The van der Waals surface area contributed by atoms with Gasteiger partial charge in [0.1, 0.15) is 6.04 Å². The molecule has 1 aromatic carbocycles. The highest BCUT2D eigenvalue weighted by atomic mass is 32.1. The highest BCUT2D eigenvalue weighted by Crippen LogP contribution is 2.14. The number of piperazine rings is 1. The van der Waals surface area contributed by atoms with E-state index in [0.717, 1.165) is 24.5 Å². The first-order chi connectivity index (χ1) is 13.5. The first kappa shape index (κ1) is 20.3. The van der Waals surface area contributed by atoms with Gasteiger partial charge < -0.3 is 10.2 Å². The molecule has 3 rings (SSSR count). The zero-order chi connectivity index (χ0) is 19.9. The smallest absolute Gasteiger partial charge is 0.247 e. The summed E-state index contributed by atoms with van der Waals surface area (Å²) in [7, 11) is 0. The SMILES string of the molecule is C/C(=C\c1cccs1)C(=O)N[C@@H](C)C(=O)N1CCN(Cc2ccccc2)CC1. The Morgan fingerprint density at radius 2 is 1.82 bits per heavy atom. The highest BCUT2D eigenvalue weighted by molar-refractivity contribution is 7.10. The molecule has 0 bridgehead atoms. The molecule has 1 saturated heterocycles.